The molecular weight excluding hydrogens is 473 g/mol. The van der Waals surface area contributed by atoms with Crippen molar-refractivity contribution in [2.24, 2.45) is 0 Å². The highest BCUT2D eigenvalue weighted by atomic mass is 32.1. The van der Waals surface area contributed by atoms with E-state index < -0.39 is 17.7 Å². The van der Waals surface area contributed by atoms with Crippen molar-refractivity contribution in [2.75, 3.05) is 12.4 Å². The second-order valence-corrected chi connectivity index (χ2v) is 7.93. The molecule has 0 atom stereocenters. The molecule has 4 rings (SSSR count). The van der Waals surface area contributed by atoms with E-state index in [1.165, 1.54) is 24.3 Å². The topological polar surface area (TPSA) is 103 Å². The van der Waals surface area contributed by atoms with Crippen molar-refractivity contribution >= 4 is 38.6 Å². The number of alkyl halides is 3. The molecule has 0 saturated heterocycles. The van der Waals surface area contributed by atoms with Crippen molar-refractivity contribution in [2.45, 2.75) is 13.1 Å². The summed E-state index contributed by atoms with van der Waals surface area (Å²) in [6.45, 7) is 1.37. The first-order valence-electron chi connectivity index (χ1n) is 9.62. The van der Waals surface area contributed by atoms with Gasteiger partial charge in [0.15, 0.2) is 10.9 Å². The highest BCUT2D eigenvalue weighted by Gasteiger charge is 2.32. The van der Waals surface area contributed by atoms with Crippen LogP contribution in [0.1, 0.15) is 22.8 Å². The molecule has 0 aliphatic carbocycles. The summed E-state index contributed by atoms with van der Waals surface area (Å²) in [7, 11) is 1.07. The van der Waals surface area contributed by atoms with Crippen LogP contribution < -0.4 is 10.1 Å². The van der Waals surface area contributed by atoms with Gasteiger partial charge in [0.05, 0.1) is 28.6 Å². The number of nitrogens with one attached hydrogen (secondary N) is 1. The van der Waals surface area contributed by atoms with Crippen LogP contribution in [0.15, 0.2) is 48.8 Å². The summed E-state index contributed by atoms with van der Waals surface area (Å²) >= 11 is 1.26. The van der Waals surface area contributed by atoms with Crippen molar-refractivity contribution < 1.29 is 32.2 Å². The van der Waals surface area contributed by atoms with Crippen LogP contribution in [0.25, 0.3) is 21.5 Å². The van der Waals surface area contributed by atoms with Crippen molar-refractivity contribution in [3.05, 3.63) is 59.9 Å². The van der Waals surface area contributed by atoms with E-state index in [0.29, 0.717) is 22.5 Å². The lowest BCUT2D eigenvalue weighted by atomic mass is 10.0. The minimum atomic E-state index is -4.64. The van der Waals surface area contributed by atoms with E-state index in [-0.39, 0.29) is 28.6 Å². The number of esters is 1. The first kappa shape index (κ1) is 23.1. The number of rotatable bonds is 5. The zero-order chi connectivity index (χ0) is 24.5. The van der Waals surface area contributed by atoms with E-state index in [1.54, 1.807) is 18.2 Å². The summed E-state index contributed by atoms with van der Waals surface area (Å²) in [6, 6.07) is 9.28. The van der Waals surface area contributed by atoms with Crippen LogP contribution in [-0.4, -0.2) is 33.9 Å². The lowest BCUT2D eigenvalue weighted by Gasteiger charge is -2.12. The van der Waals surface area contributed by atoms with E-state index >= 15 is 0 Å². The predicted octanol–water partition coefficient (Wildman–Crippen LogP) is 5.31. The zero-order valence-electron chi connectivity index (χ0n) is 17.6. The molecule has 4 aromatic rings. The Bertz CT molecular complexity index is 1400. The normalized spacial score (nSPS) is 11.3. The number of amides is 1. The average molecular weight is 488 g/mol. The summed E-state index contributed by atoms with van der Waals surface area (Å²) in [5.74, 6) is -0.794. The van der Waals surface area contributed by atoms with Crippen LogP contribution in [0.3, 0.4) is 0 Å². The molecule has 2 aromatic carbocycles. The summed E-state index contributed by atoms with van der Waals surface area (Å²) in [5, 5.41) is 3.01. The van der Waals surface area contributed by atoms with Crippen molar-refractivity contribution in [1.29, 1.82) is 0 Å². The van der Waals surface area contributed by atoms with Crippen molar-refractivity contribution in [1.82, 2.24) is 15.0 Å². The minimum Gasteiger partial charge on any atom is -0.465 e. The van der Waals surface area contributed by atoms with Crippen LogP contribution in [0.4, 0.5) is 18.3 Å². The third-order valence-corrected chi connectivity index (χ3v) is 5.49. The van der Waals surface area contributed by atoms with Gasteiger partial charge < -0.3 is 14.8 Å². The second-order valence-electron chi connectivity index (χ2n) is 6.90. The number of fused-ring (bicyclic) bond motifs is 1. The van der Waals surface area contributed by atoms with Crippen LogP contribution in [0.5, 0.6) is 11.6 Å². The van der Waals surface area contributed by atoms with Crippen molar-refractivity contribution in [3.63, 3.8) is 0 Å². The molecule has 34 heavy (non-hydrogen) atoms. The van der Waals surface area contributed by atoms with E-state index in [2.05, 4.69) is 25.0 Å². The van der Waals surface area contributed by atoms with E-state index in [0.717, 1.165) is 30.3 Å². The maximum Gasteiger partial charge on any atom is 0.416 e. The van der Waals surface area contributed by atoms with Gasteiger partial charge in [-0.3, -0.25) is 4.79 Å². The Morgan fingerprint density at radius 1 is 1.09 bits per heavy atom. The minimum absolute atomic E-state index is 0.0716. The molecule has 2 heterocycles. The SMILES string of the molecule is COC(=O)c1cc(C(F)(F)F)ccc1-c1cc(Oc2cccc3sc(NC(C)=O)nc23)ncn1. The summed E-state index contributed by atoms with van der Waals surface area (Å²) < 4.78 is 50.7. The molecule has 0 fully saturated rings. The number of hydrogen-bond donors (Lipinski definition) is 1. The highest BCUT2D eigenvalue weighted by Crippen LogP contribution is 2.36. The molecule has 0 bridgehead atoms. The third-order valence-electron chi connectivity index (χ3n) is 4.55. The van der Waals surface area contributed by atoms with Gasteiger partial charge in [-0.05, 0) is 24.3 Å². The first-order chi connectivity index (χ1) is 16.2. The van der Waals surface area contributed by atoms with Gasteiger partial charge in [0.1, 0.15) is 11.8 Å². The molecule has 2 aromatic heterocycles. The molecule has 0 aliphatic rings. The van der Waals surface area contributed by atoms with Gasteiger partial charge in [-0.15, -0.1) is 0 Å². The number of hydrogen-bond acceptors (Lipinski definition) is 8. The fourth-order valence-electron chi connectivity index (χ4n) is 3.09. The maximum atomic E-state index is 13.1. The van der Waals surface area contributed by atoms with E-state index in [4.69, 9.17) is 4.74 Å². The zero-order valence-corrected chi connectivity index (χ0v) is 18.5. The standard InChI is InChI=1S/C22H15F3N4O4S/c1-11(30)28-21-29-19-16(4-3-5-17(19)34-21)33-18-9-15(26-10-27-18)13-7-6-12(22(23,24)25)8-14(13)20(31)32-2/h3-10H,1-2H3,(H,28,29,30). The van der Waals surface area contributed by atoms with Gasteiger partial charge in [0, 0.05) is 18.6 Å². The molecule has 0 radical (unpaired) electrons. The van der Waals surface area contributed by atoms with Crippen molar-refractivity contribution in [3.8, 4) is 22.9 Å². The first-order valence-corrected chi connectivity index (χ1v) is 10.4. The maximum absolute atomic E-state index is 13.1. The Balaban J connectivity index is 1.72. The number of methoxy groups -OCH3 is 1. The number of benzene rings is 2. The summed E-state index contributed by atoms with van der Waals surface area (Å²) in [4.78, 5) is 36.0. The number of nitrogens with zero attached hydrogens (tertiary/aromatic N) is 3. The predicted molar refractivity (Wildman–Crippen MR) is 118 cm³/mol. The highest BCUT2D eigenvalue weighted by molar-refractivity contribution is 7.22. The van der Waals surface area contributed by atoms with Crippen LogP contribution >= 0.6 is 11.3 Å². The Labute approximate surface area is 194 Å². The Hall–Kier alpha value is -4.06. The number of thiazole rings is 1. The number of carbonyl (C=O) groups is 2. The monoisotopic (exact) mass is 488 g/mol. The number of halogens is 3. The van der Waals surface area contributed by atoms with Crippen LogP contribution in [0.2, 0.25) is 0 Å². The molecule has 1 N–H and O–H groups in total. The average Bonchev–Trinajstić information content (AvgIpc) is 3.20. The lowest BCUT2D eigenvalue weighted by molar-refractivity contribution is -0.137. The van der Waals surface area contributed by atoms with Crippen LogP contribution in [-0.2, 0) is 15.7 Å². The number of carbonyl (C=O) groups excluding carboxylic acids is 2. The van der Waals surface area contributed by atoms with Gasteiger partial charge in [-0.25, -0.2) is 19.7 Å². The van der Waals surface area contributed by atoms with Gasteiger partial charge in [0.2, 0.25) is 11.8 Å². The summed E-state index contributed by atoms with van der Waals surface area (Å²) in [6.07, 6.45) is -3.48. The van der Waals surface area contributed by atoms with Gasteiger partial charge in [-0.2, -0.15) is 13.2 Å². The second kappa shape index (κ2) is 9.06. The number of ether oxygens (including phenoxy) is 2. The number of para-hydroxylation sites is 1. The fourth-order valence-corrected chi connectivity index (χ4v) is 4.02. The Morgan fingerprint density at radius 2 is 1.88 bits per heavy atom. The molecule has 0 saturated carbocycles. The van der Waals surface area contributed by atoms with E-state index in [1.807, 2.05) is 0 Å². The fraction of sp³-hybridized carbons (Fsp3) is 0.136. The molecule has 1 amide bonds. The number of anilines is 1. The third kappa shape index (κ3) is 4.81. The van der Waals surface area contributed by atoms with Crippen LogP contribution in [0, 0.1) is 0 Å². The molecule has 174 valence electrons. The molecule has 0 spiro atoms. The van der Waals surface area contributed by atoms with E-state index in [9.17, 15) is 22.8 Å². The molecule has 12 heteroatoms. The van der Waals surface area contributed by atoms with Gasteiger partial charge in [0.25, 0.3) is 0 Å². The Morgan fingerprint density at radius 3 is 2.59 bits per heavy atom. The molecule has 8 nitrogen and oxygen atoms in total. The largest absolute Gasteiger partial charge is 0.465 e. The lowest BCUT2D eigenvalue weighted by Crippen LogP contribution is -2.10. The van der Waals surface area contributed by atoms with Gasteiger partial charge in [-0.1, -0.05) is 23.5 Å². The summed E-state index contributed by atoms with van der Waals surface area (Å²) in [5.41, 5.74) is -0.535. The molecular formula is C22H15F3N4O4S. The number of aromatic nitrogens is 3. The smallest absolute Gasteiger partial charge is 0.416 e. The molecule has 0 unspecified atom stereocenters. The quantitative estimate of drug-likeness (QED) is 0.380. The van der Waals surface area contributed by atoms with Gasteiger partial charge >= 0.3 is 12.1 Å². The Kier molecular flexibility index (Phi) is 6.16. The molecule has 0 aliphatic heterocycles.